The van der Waals surface area contributed by atoms with Crippen molar-refractivity contribution < 1.29 is 9.30 Å². The number of ether oxygens (including phenoxy) is 1. The molecule has 2 heteroatoms. The van der Waals surface area contributed by atoms with Crippen LogP contribution in [-0.4, -0.2) is 6.61 Å². The highest BCUT2D eigenvalue weighted by Gasteiger charge is 2.13. The van der Waals surface area contributed by atoms with Gasteiger partial charge in [-0.1, -0.05) is 72.5 Å². The number of terminal acetylenes is 1. The molecule has 0 spiro atoms. The third-order valence-electron chi connectivity index (χ3n) is 4.58. The first kappa shape index (κ1) is 20.4. The summed E-state index contributed by atoms with van der Waals surface area (Å²) < 4.78 is 7.85. The lowest BCUT2D eigenvalue weighted by Gasteiger charge is -2.03. The van der Waals surface area contributed by atoms with Crippen LogP contribution in [-0.2, 0) is 17.9 Å². The SMILES string of the molecule is C#Cc1ccc[n+](Cc2ccccc2)c1C#CCCCCOCc1ccccc1. The Morgan fingerprint density at radius 1 is 0.828 bits per heavy atom. The van der Waals surface area contributed by atoms with Gasteiger partial charge in [0.1, 0.15) is 5.56 Å². The van der Waals surface area contributed by atoms with Crippen LogP contribution in [0.4, 0.5) is 0 Å². The van der Waals surface area contributed by atoms with Crippen LogP contribution in [0.5, 0.6) is 0 Å². The maximum Gasteiger partial charge on any atom is 0.272 e. The molecule has 0 aliphatic carbocycles. The lowest BCUT2D eigenvalue weighted by Crippen LogP contribution is -2.38. The van der Waals surface area contributed by atoms with Crippen molar-refractivity contribution in [3.05, 3.63) is 101 Å². The van der Waals surface area contributed by atoms with Gasteiger partial charge in [-0.15, -0.1) is 6.42 Å². The molecule has 0 radical (unpaired) electrons. The summed E-state index contributed by atoms with van der Waals surface area (Å²) in [5, 5.41) is 0. The standard InChI is InChI=1S/C27H26NO/c1-2-26-18-13-20-28(22-24-14-7-5-8-15-24)27(26)19-11-3-4-12-21-29-23-25-16-9-6-10-17-25/h1,5-10,13-18,20H,3-4,12,21-23H2/q+1. The number of pyridine rings is 1. The minimum atomic E-state index is 0.668. The maximum absolute atomic E-state index is 5.73. The Labute approximate surface area is 174 Å². The van der Waals surface area contributed by atoms with Gasteiger partial charge in [0.15, 0.2) is 12.7 Å². The zero-order chi connectivity index (χ0) is 20.2. The average Bonchev–Trinajstić information content (AvgIpc) is 2.77. The zero-order valence-corrected chi connectivity index (χ0v) is 16.7. The van der Waals surface area contributed by atoms with E-state index in [0.29, 0.717) is 6.61 Å². The predicted octanol–water partition coefficient (Wildman–Crippen LogP) is 4.74. The quantitative estimate of drug-likeness (QED) is 0.312. The van der Waals surface area contributed by atoms with E-state index in [1.165, 1.54) is 11.1 Å². The van der Waals surface area contributed by atoms with E-state index in [9.17, 15) is 0 Å². The van der Waals surface area contributed by atoms with Crippen LogP contribution in [0.25, 0.3) is 0 Å². The summed E-state index contributed by atoms with van der Waals surface area (Å²) in [5.41, 5.74) is 4.17. The van der Waals surface area contributed by atoms with E-state index in [-0.39, 0.29) is 0 Å². The summed E-state index contributed by atoms with van der Waals surface area (Å²) in [6.07, 6.45) is 10.6. The Hall–Kier alpha value is -3.33. The molecule has 29 heavy (non-hydrogen) atoms. The summed E-state index contributed by atoms with van der Waals surface area (Å²) in [5.74, 6) is 9.35. The van der Waals surface area contributed by atoms with Crippen LogP contribution >= 0.6 is 0 Å². The smallest absolute Gasteiger partial charge is 0.272 e. The van der Waals surface area contributed by atoms with Gasteiger partial charge in [0.05, 0.1) is 6.61 Å². The van der Waals surface area contributed by atoms with Crippen molar-refractivity contribution >= 4 is 0 Å². The van der Waals surface area contributed by atoms with Crippen LogP contribution < -0.4 is 4.57 Å². The van der Waals surface area contributed by atoms with Crippen molar-refractivity contribution in [3.63, 3.8) is 0 Å². The Balaban J connectivity index is 1.51. The van der Waals surface area contributed by atoms with Gasteiger partial charge >= 0.3 is 0 Å². The van der Waals surface area contributed by atoms with Gasteiger partial charge in [-0.2, -0.15) is 4.57 Å². The van der Waals surface area contributed by atoms with Gasteiger partial charge in [-0.25, -0.2) is 0 Å². The molecule has 2 nitrogen and oxygen atoms in total. The Morgan fingerprint density at radius 3 is 2.28 bits per heavy atom. The van der Waals surface area contributed by atoms with E-state index in [2.05, 4.69) is 46.6 Å². The Kier molecular flexibility index (Phi) is 8.09. The summed E-state index contributed by atoms with van der Waals surface area (Å²) in [4.78, 5) is 0. The highest BCUT2D eigenvalue weighted by atomic mass is 16.5. The van der Waals surface area contributed by atoms with E-state index in [1.807, 2.05) is 54.7 Å². The first-order valence-corrected chi connectivity index (χ1v) is 10.0. The molecule has 144 valence electrons. The summed E-state index contributed by atoms with van der Waals surface area (Å²) in [6, 6.07) is 24.5. The largest absolute Gasteiger partial charge is 0.377 e. The van der Waals surface area contributed by atoms with Crippen LogP contribution in [0.1, 0.15) is 41.6 Å². The van der Waals surface area contributed by atoms with Crippen molar-refractivity contribution in [2.75, 3.05) is 6.61 Å². The summed E-state index contributed by atoms with van der Waals surface area (Å²) in [7, 11) is 0. The minimum absolute atomic E-state index is 0.668. The highest BCUT2D eigenvalue weighted by Crippen LogP contribution is 2.05. The summed E-state index contributed by atoms with van der Waals surface area (Å²) >= 11 is 0. The summed E-state index contributed by atoms with van der Waals surface area (Å²) in [6.45, 7) is 2.18. The normalized spacial score (nSPS) is 10.0. The number of hydrogen-bond acceptors (Lipinski definition) is 1. The first-order valence-electron chi connectivity index (χ1n) is 10.0. The number of hydrogen-bond donors (Lipinski definition) is 0. The van der Waals surface area contributed by atoms with Crippen molar-refractivity contribution in [1.82, 2.24) is 0 Å². The second kappa shape index (κ2) is 11.5. The van der Waals surface area contributed by atoms with E-state index in [4.69, 9.17) is 11.2 Å². The molecule has 3 aromatic rings. The minimum Gasteiger partial charge on any atom is -0.377 e. The molecule has 0 aliphatic heterocycles. The fraction of sp³-hybridized carbons (Fsp3) is 0.222. The monoisotopic (exact) mass is 380 g/mol. The van der Waals surface area contributed by atoms with Crippen LogP contribution in [0.2, 0.25) is 0 Å². The van der Waals surface area contributed by atoms with Gasteiger partial charge in [0, 0.05) is 30.6 Å². The lowest BCUT2D eigenvalue weighted by atomic mass is 10.1. The molecule has 0 N–H and O–H groups in total. The Morgan fingerprint density at radius 2 is 1.55 bits per heavy atom. The molecule has 3 rings (SSSR count). The second-order valence-electron chi connectivity index (χ2n) is 6.83. The molecule has 0 bridgehead atoms. The van der Waals surface area contributed by atoms with Gasteiger partial charge < -0.3 is 4.74 Å². The van der Waals surface area contributed by atoms with Gasteiger partial charge in [0.25, 0.3) is 5.69 Å². The highest BCUT2D eigenvalue weighted by molar-refractivity contribution is 5.42. The fourth-order valence-electron chi connectivity index (χ4n) is 3.05. The van der Waals surface area contributed by atoms with Crippen molar-refractivity contribution in [2.45, 2.75) is 32.4 Å². The van der Waals surface area contributed by atoms with Crippen molar-refractivity contribution in [2.24, 2.45) is 0 Å². The molecular formula is C27H26NO+. The molecular weight excluding hydrogens is 354 g/mol. The number of aromatic nitrogens is 1. The van der Waals surface area contributed by atoms with Crippen LogP contribution in [0, 0.1) is 24.2 Å². The third-order valence-corrected chi connectivity index (χ3v) is 4.58. The Bertz CT molecular complexity index is 991. The van der Waals surface area contributed by atoms with Crippen LogP contribution in [0.15, 0.2) is 79.0 Å². The molecule has 0 unspecified atom stereocenters. The predicted molar refractivity (Wildman–Crippen MR) is 117 cm³/mol. The molecule has 1 heterocycles. The number of benzene rings is 2. The van der Waals surface area contributed by atoms with E-state index in [1.54, 1.807) is 0 Å². The van der Waals surface area contributed by atoms with Gasteiger partial charge in [-0.3, -0.25) is 0 Å². The molecule has 0 saturated carbocycles. The van der Waals surface area contributed by atoms with E-state index >= 15 is 0 Å². The lowest BCUT2D eigenvalue weighted by molar-refractivity contribution is -0.690. The number of rotatable bonds is 8. The topological polar surface area (TPSA) is 13.1 Å². The average molecular weight is 381 g/mol. The van der Waals surface area contributed by atoms with Crippen molar-refractivity contribution in [1.29, 1.82) is 0 Å². The van der Waals surface area contributed by atoms with Gasteiger partial charge in [0.2, 0.25) is 0 Å². The maximum atomic E-state index is 5.73. The molecule has 0 fully saturated rings. The van der Waals surface area contributed by atoms with Crippen LogP contribution in [0.3, 0.4) is 0 Å². The molecule has 0 aliphatic rings. The number of unbranched alkanes of at least 4 members (excludes halogenated alkanes) is 2. The molecule has 1 aromatic heterocycles. The molecule has 0 amide bonds. The first-order chi connectivity index (χ1) is 14.4. The fourth-order valence-corrected chi connectivity index (χ4v) is 3.05. The van der Waals surface area contributed by atoms with E-state index in [0.717, 1.165) is 43.7 Å². The molecule has 0 atom stereocenters. The second-order valence-corrected chi connectivity index (χ2v) is 6.83. The number of nitrogens with zero attached hydrogens (tertiary/aromatic N) is 1. The third kappa shape index (κ3) is 6.65. The van der Waals surface area contributed by atoms with Gasteiger partial charge in [-0.05, 0) is 24.5 Å². The zero-order valence-electron chi connectivity index (χ0n) is 16.7. The molecule has 0 saturated heterocycles. The van der Waals surface area contributed by atoms with Crippen molar-refractivity contribution in [3.8, 4) is 24.2 Å². The van der Waals surface area contributed by atoms with E-state index < -0.39 is 0 Å². The molecule has 2 aromatic carbocycles.